The van der Waals surface area contributed by atoms with Crippen molar-refractivity contribution in [3.63, 3.8) is 0 Å². The predicted octanol–water partition coefficient (Wildman–Crippen LogP) is 3.08. The molecule has 1 N–H and O–H groups in total. The van der Waals surface area contributed by atoms with E-state index in [9.17, 15) is 18.0 Å². The number of hydrogen-bond donors (Lipinski definition) is 1. The number of halogens is 3. The third kappa shape index (κ3) is 4.15. The fourth-order valence-corrected chi connectivity index (χ4v) is 1.22. The Morgan fingerprint density at radius 2 is 1.95 bits per heavy atom. The zero-order valence-corrected chi connectivity index (χ0v) is 11.0. The Hall–Kier alpha value is -1.73. The van der Waals surface area contributed by atoms with E-state index in [0.29, 0.717) is 0 Å². The SMILES string of the molecule is CCOC(=O)c1oc(NC(C)(C)C)nc1C(F)(F)F. The van der Waals surface area contributed by atoms with Crippen LogP contribution in [0.3, 0.4) is 0 Å². The molecule has 0 spiro atoms. The molecule has 0 saturated carbocycles. The van der Waals surface area contributed by atoms with Crippen LogP contribution in [-0.2, 0) is 10.9 Å². The quantitative estimate of drug-likeness (QED) is 0.862. The van der Waals surface area contributed by atoms with Crippen molar-refractivity contribution >= 4 is 12.0 Å². The van der Waals surface area contributed by atoms with E-state index >= 15 is 0 Å². The summed E-state index contributed by atoms with van der Waals surface area (Å²) in [6.45, 7) is 6.58. The molecule has 0 bridgehead atoms. The molecule has 0 unspecified atom stereocenters. The van der Waals surface area contributed by atoms with Crippen LogP contribution in [0.15, 0.2) is 4.42 Å². The number of nitrogens with one attached hydrogen (secondary N) is 1. The molecule has 0 aliphatic rings. The monoisotopic (exact) mass is 280 g/mol. The number of ether oxygens (including phenoxy) is 1. The largest absolute Gasteiger partial charge is 0.460 e. The van der Waals surface area contributed by atoms with Crippen molar-refractivity contribution in [3.8, 4) is 0 Å². The first-order valence-electron chi connectivity index (χ1n) is 5.58. The molecule has 108 valence electrons. The predicted molar refractivity (Wildman–Crippen MR) is 60.8 cm³/mol. The molecule has 0 atom stereocenters. The lowest BCUT2D eigenvalue weighted by atomic mass is 10.1. The van der Waals surface area contributed by atoms with Crippen LogP contribution in [-0.4, -0.2) is 23.1 Å². The van der Waals surface area contributed by atoms with E-state index in [1.54, 1.807) is 20.8 Å². The summed E-state index contributed by atoms with van der Waals surface area (Å²) in [4.78, 5) is 14.7. The van der Waals surface area contributed by atoms with Crippen molar-refractivity contribution in [2.45, 2.75) is 39.4 Å². The molecule has 0 saturated heterocycles. The molecular weight excluding hydrogens is 265 g/mol. The van der Waals surface area contributed by atoms with Gasteiger partial charge >= 0.3 is 12.1 Å². The molecule has 1 aromatic rings. The van der Waals surface area contributed by atoms with Crippen molar-refractivity contribution in [2.24, 2.45) is 0 Å². The van der Waals surface area contributed by atoms with Gasteiger partial charge in [0, 0.05) is 5.54 Å². The molecule has 8 heteroatoms. The third-order valence-electron chi connectivity index (χ3n) is 1.84. The average molecular weight is 280 g/mol. The molecule has 0 aliphatic carbocycles. The molecule has 0 amide bonds. The molecule has 0 fully saturated rings. The van der Waals surface area contributed by atoms with Gasteiger partial charge in [-0.25, -0.2) is 4.79 Å². The highest BCUT2D eigenvalue weighted by Gasteiger charge is 2.42. The van der Waals surface area contributed by atoms with E-state index in [-0.39, 0.29) is 12.6 Å². The summed E-state index contributed by atoms with van der Waals surface area (Å²) in [6, 6.07) is -0.372. The van der Waals surface area contributed by atoms with Gasteiger partial charge in [0.15, 0.2) is 5.69 Å². The van der Waals surface area contributed by atoms with Crippen molar-refractivity contribution in [1.29, 1.82) is 0 Å². The van der Waals surface area contributed by atoms with Crippen LogP contribution in [0.25, 0.3) is 0 Å². The Bertz CT molecular complexity index is 461. The second kappa shape index (κ2) is 5.10. The van der Waals surface area contributed by atoms with Crippen LogP contribution in [0.4, 0.5) is 19.2 Å². The first kappa shape index (κ1) is 15.3. The zero-order valence-electron chi connectivity index (χ0n) is 11.0. The van der Waals surface area contributed by atoms with Gasteiger partial charge in [0.2, 0.25) is 5.76 Å². The van der Waals surface area contributed by atoms with Crippen LogP contribution < -0.4 is 5.32 Å². The minimum Gasteiger partial charge on any atom is -0.460 e. The number of aromatic nitrogens is 1. The summed E-state index contributed by atoms with van der Waals surface area (Å²) in [5, 5.41) is 2.63. The number of carbonyl (C=O) groups is 1. The average Bonchev–Trinajstić information content (AvgIpc) is 2.58. The summed E-state index contributed by atoms with van der Waals surface area (Å²) in [5.74, 6) is -2.13. The Labute approximate surface area is 108 Å². The molecule has 0 radical (unpaired) electrons. The maximum Gasteiger partial charge on any atom is 0.437 e. The highest BCUT2D eigenvalue weighted by molar-refractivity contribution is 5.88. The highest BCUT2D eigenvalue weighted by Crippen LogP contribution is 2.34. The van der Waals surface area contributed by atoms with Gasteiger partial charge in [0.05, 0.1) is 6.61 Å². The first-order valence-corrected chi connectivity index (χ1v) is 5.58. The Balaban J connectivity index is 3.17. The Kier molecular flexibility index (Phi) is 4.12. The van der Waals surface area contributed by atoms with E-state index in [4.69, 9.17) is 4.42 Å². The highest BCUT2D eigenvalue weighted by atomic mass is 19.4. The van der Waals surface area contributed by atoms with Gasteiger partial charge in [-0.1, -0.05) is 0 Å². The van der Waals surface area contributed by atoms with Gasteiger partial charge in [-0.15, -0.1) is 0 Å². The van der Waals surface area contributed by atoms with Crippen LogP contribution in [0, 0.1) is 0 Å². The van der Waals surface area contributed by atoms with Crippen molar-refractivity contribution in [2.75, 3.05) is 11.9 Å². The van der Waals surface area contributed by atoms with Crippen LogP contribution in [0.1, 0.15) is 43.9 Å². The summed E-state index contributed by atoms with van der Waals surface area (Å²) in [6.07, 6.45) is -4.79. The van der Waals surface area contributed by atoms with Crippen LogP contribution in [0.5, 0.6) is 0 Å². The van der Waals surface area contributed by atoms with Gasteiger partial charge in [0.25, 0.3) is 6.01 Å². The summed E-state index contributed by atoms with van der Waals surface area (Å²) in [7, 11) is 0. The fourth-order valence-electron chi connectivity index (χ4n) is 1.22. The van der Waals surface area contributed by atoms with Gasteiger partial charge in [0.1, 0.15) is 0 Å². The molecule has 1 rings (SSSR count). The van der Waals surface area contributed by atoms with Crippen molar-refractivity contribution in [3.05, 3.63) is 11.5 Å². The summed E-state index contributed by atoms with van der Waals surface area (Å²) >= 11 is 0. The van der Waals surface area contributed by atoms with Gasteiger partial charge in [-0.05, 0) is 27.7 Å². The second-order valence-corrected chi connectivity index (χ2v) is 4.79. The molecule has 19 heavy (non-hydrogen) atoms. The number of carbonyl (C=O) groups excluding carboxylic acids is 1. The standard InChI is InChI=1S/C11H15F3N2O3/c1-5-18-8(17)6-7(11(12,13)14)15-9(19-6)16-10(2,3)4/h5H2,1-4H3,(H,15,16). The van der Waals surface area contributed by atoms with Gasteiger partial charge in [-0.2, -0.15) is 18.2 Å². The Morgan fingerprint density at radius 1 is 1.37 bits per heavy atom. The number of rotatable bonds is 3. The second-order valence-electron chi connectivity index (χ2n) is 4.79. The van der Waals surface area contributed by atoms with Gasteiger partial charge < -0.3 is 14.5 Å². The number of esters is 1. The van der Waals surface area contributed by atoms with Gasteiger partial charge in [-0.3, -0.25) is 0 Å². The molecular formula is C11H15F3N2O3. The van der Waals surface area contributed by atoms with Crippen molar-refractivity contribution in [1.82, 2.24) is 4.98 Å². The third-order valence-corrected chi connectivity index (χ3v) is 1.84. The van der Waals surface area contributed by atoms with E-state index in [1.807, 2.05) is 0 Å². The van der Waals surface area contributed by atoms with Crippen LogP contribution in [0.2, 0.25) is 0 Å². The number of nitrogens with zero attached hydrogens (tertiary/aromatic N) is 1. The lowest BCUT2D eigenvalue weighted by molar-refractivity contribution is -0.141. The number of anilines is 1. The van der Waals surface area contributed by atoms with E-state index in [2.05, 4.69) is 15.0 Å². The summed E-state index contributed by atoms with van der Waals surface area (Å²) < 4.78 is 47.5. The number of hydrogen-bond acceptors (Lipinski definition) is 5. The molecule has 1 aromatic heterocycles. The molecule has 0 aliphatic heterocycles. The van der Waals surface area contributed by atoms with E-state index < -0.39 is 29.1 Å². The minimum atomic E-state index is -4.79. The number of alkyl halides is 3. The molecule has 5 nitrogen and oxygen atoms in total. The smallest absolute Gasteiger partial charge is 0.437 e. The maximum absolute atomic E-state index is 12.7. The maximum atomic E-state index is 12.7. The molecule has 1 heterocycles. The van der Waals surface area contributed by atoms with Crippen LogP contribution >= 0.6 is 0 Å². The minimum absolute atomic E-state index is 0.0567. The lowest BCUT2D eigenvalue weighted by Crippen LogP contribution is -2.26. The van der Waals surface area contributed by atoms with E-state index in [0.717, 1.165) is 0 Å². The first-order chi connectivity index (χ1) is 8.54. The summed E-state index contributed by atoms with van der Waals surface area (Å²) in [5.41, 5.74) is -1.95. The number of oxazole rings is 1. The topological polar surface area (TPSA) is 64.4 Å². The zero-order chi connectivity index (χ0) is 14.8. The normalized spacial score (nSPS) is 12.4. The van der Waals surface area contributed by atoms with E-state index in [1.165, 1.54) is 6.92 Å². The fraction of sp³-hybridized carbons (Fsp3) is 0.636. The Morgan fingerprint density at radius 3 is 2.37 bits per heavy atom. The molecule has 0 aromatic carbocycles. The van der Waals surface area contributed by atoms with Crippen molar-refractivity contribution < 1.29 is 27.1 Å². The lowest BCUT2D eigenvalue weighted by Gasteiger charge is -2.18.